The van der Waals surface area contributed by atoms with Crippen LogP contribution >= 0.6 is 0 Å². The SMILES string of the molecule is Cc1cc(CN2CCN(C(C)(C)C)CC2)cc(C)c1O. The monoisotopic (exact) mass is 276 g/mol. The van der Waals surface area contributed by atoms with Crippen LogP contribution in [0, 0.1) is 13.8 Å². The Morgan fingerprint density at radius 3 is 1.95 bits per heavy atom. The van der Waals surface area contributed by atoms with Gasteiger partial charge in [-0.1, -0.05) is 12.1 Å². The smallest absolute Gasteiger partial charge is 0.121 e. The Morgan fingerprint density at radius 2 is 1.50 bits per heavy atom. The summed E-state index contributed by atoms with van der Waals surface area (Å²) < 4.78 is 0. The van der Waals surface area contributed by atoms with Crippen molar-refractivity contribution in [3.8, 4) is 5.75 Å². The standard InChI is InChI=1S/C17H28N2O/c1-13-10-15(11-14(2)16(13)20)12-18-6-8-19(9-7-18)17(3,4)5/h10-11,20H,6-9,12H2,1-5H3. The van der Waals surface area contributed by atoms with Crippen LogP contribution in [0.3, 0.4) is 0 Å². The van der Waals surface area contributed by atoms with E-state index >= 15 is 0 Å². The maximum absolute atomic E-state index is 9.84. The summed E-state index contributed by atoms with van der Waals surface area (Å²) in [5.74, 6) is 0.436. The number of aromatic hydroxyl groups is 1. The molecule has 1 aromatic rings. The minimum Gasteiger partial charge on any atom is -0.507 e. The van der Waals surface area contributed by atoms with Crippen LogP contribution in [-0.2, 0) is 6.54 Å². The van der Waals surface area contributed by atoms with Gasteiger partial charge in [0.25, 0.3) is 0 Å². The molecule has 2 rings (SSSR count). The highest BCUT2D eigenvalue weighted by atomic mass is 16.3. The van der Waals surface area contributed by atoms with Crippen molar-refractivity contribution in [1.82, 2.24) is 9.80 Å². The van der Waals surface area contributed by atoms with E-state index in [9.17, 15) is 5.11 Å². The Morgan fingerprint density at radius 1 is 1.00 bits per heavy atom. The van der Waals surface area contributed by atoms with Crippen molar-refractivity contribution < 1.29 is 5.11 Å². The fraction of sp³-hybridized carbons (Fsp3) is 0.647. The number of hydrogen-bond donors (Lipinski definition) is 1. The van der Waals surface area contributed by atoms with Gasteiger partial charge < -0.3 is 5.11 Å². The highest BCUT2D eigenvalue weighted by Crippen LogP contribution is 2.24. The van der Waals surface area contributed by atoms with Crippen molar-refractivity contribution in [2.75, 3.05) is 26.2 Å². The molecular weight excluding hydrogens is 248 g/mol. The minimum absolute atomic E-state index is 0.276. The van der Waals surface area contributed by atoms with Crippen LogP contribution in [-0.4, -0.2) is 46.6 Å². The molecule has 3 heteroatoms. The Kier molecular flexibility index (Phi) is 4.40. The number of aryl methyl sites for hydroxylation is 2. The Hall–Kier alpha value is -1.06. The van der Waals surface area contributed by atoms with Crippen LogP contribution in [0.5, 0.6) is 5.75 Å². The molecule has 1 fully saturated rings. The van der Waals surface area contributed by atoms with Crippen molar-refractivity contribution in [3.05, 3.63) is 28.8 Å². The van der Waals surface area contributed by atoms with E-state index in [0.29, 0.717) is 5.75 Å². The van der Waals surface area contributed by atoms with Gasteiger partial charge in [0.1, 0.15) is 5.75 Å². The van der Waals surface area contributed by atoms with Gasteiger partial charge in [0, 0.05) is 38.3 Å². The highest BCUT2D eigenvalue weighted by molar-refractivity contribution is 5.42. The average Bonchev–Trinajstić information content (AvgIpc) is 2.35. The first kappa shape index (κ1) is 15.3. The summed E-state index contributed by atoms with van der Waals surface area (Å²) in [6.07, 6.45) is 0. The van der Waals surface area contributed by atoms with Crippen molar-refractivity contribution in [3.63, 3.8) is 0 Å². The van der Waals surface area contributed by atoms with Gasteiger partial charge in [-0.3, -0.25) is 9.80 Å². The number of phenolic OH excluding ortho intramolecular Hbond substituents is 1. The quantitative estimate of drug-likeness (QED) is 0.899. The summed E-state index contributed by atoms with van der Waals surface area (Å²) >= 11 is 0. The zero-order valence-electron chi connectivity index (χ0n) is 13.5. The molecule has 1 aliphatic heterocycles. The van der Waals surface area contributed by atoms with Gasteiger partial charge in [0.15, 0.2) is 0 Å². The predicted molar refractivity (Wildman–Crippen MR) is 84.2 cm³/mol. The molecule has 1 aromatic carbocycles. The van der Waals surface area contributed by atoms with Gasteiger partial charge in [-0.2, -0.15) is 0 Å². The lowest BCUT2D eigenvalue weighted by Crippen LogP contribution is -2.53. The predicted octanol–water partition coefficient (Wildman–Crippen LogP) is 2.93. The van der Waals surface area contributed by atoms with Gasteiger partial charge in [-0.05, 0) is 51.3 Å². The molecule has 1 N–H and O–H groups in total. The molecule has 20 heavy (non-hydrogen) atoms. The zero-order chi connectivity index (χ0) is 14.9. The summed E-state index contributed by atoms with van der Waals surface area (Å²) in [7, 11) is 0. The molecule has 1 saturated heterocycles. The van der Waals surface area contributed by atoms with Crippen molar-refractivity contribution in [1.29, 1.82) is 0 Å². The van der Waals surface area contributed by atoms with E-state index in [1.165, 1.54) is 5.56 Å². The molecule has 0 aromatic heterocycles. The molecule has 0 spiro atoms. The fourth-order valence-electron chi connectivity index (χ4n) is 2.97. The molecular formula is C17H28N2O. The third-order valence-corrected chi connectivity index (χ3v) is 4.28. The van der Waals surface area contributed by atoms with Crippen molar-refractivity contribution in [2.24, 2.45) is 0 Å². The number of hydrogen-bond acceptors (Lipinski definition) is 3. The summed E-state index contributed by atoms with van der Waals surface area (Å²) in [5.41, 5.74) is 3.54. The Bertz CT molecular complexity index is 445. The molecule has 0 unspecified atom stereocenters. The number of phenols is 1. The second kappa shape index (κ2) is 5.74. The third kappa shape index (κ3) is 3.53. The van der Waals surface area contributed by atoms with E-state index in [1.807, 2.05) is 13.8 Å². The van der Waals surface area contributed by atoms with Gasteiger partial charge in [-0.25, -0.2) is 0 Å². The lowest BCUT2D eigenvalue weighted by molar-refractivity contribution is 0.0591. The van der Waals surface area contributed by atoms with Crippen LogP contribution in [0.25, 0.3) is 0 Å². The van der Waals surface area contributed by atoms with Gasteiger partial charge in [-0.15, -0.1) is 0 Å². The third-order valence-electron chi connectivity index (χ3n) is 4.28. The first-order chi connectivity index (χ1) is 9.27. The van der Waals surface area contributed by atoms with Crippen LogP contribution in [0.1, 0.15) is 37.5 Å². The molecule has 1 heterocycles. The van der Waals surface area contributed by atoms with E-state index in [0.717, 1.165) is 43.9 Å². The lowest BCUT2D eigenvalue weighted by Gasteiger charge is -2.42. The van der Waals surface area contributed by atoms with E-state index in [1.54, 1.807) is 0 Å². The molecule has 0 atom stereocenters. The second-order valence-electron chi connectivity index (χ2n) is 7.01. The molecule has 0 amide bonds. The summed E-state index contributed by atoms with van der Waals surface area (Å²) in [6, 6.07) is 4.22. The molecule has 0 bridgehead atoms. The fourth-order valence-corrected chi connectivity index (χ4v) is 2.97. The summed E-state index contributed by atoms with van der Waals surface area (Å²) in [4.78, 5) is 5.06. The van der Waals surface area contributed by atoms with E-state index in [-0.39, 0.29) is 5.54 Å². The van der Waals surface area contributed by atoms with E-state index < -0.39 is 0 Å². The number of nitrogens with zero attached hydrogens (tertiary/aromatic N) is 2. The molecule has 112 valence electrons. The van der Waals surface area contributed by atoms with Gasteiger partial charge in [0.2, 0.25) is 0 Å². The number of benzene rings is 1. The Balaban J connectivity index is 1.96. The van der Waals surface area contributed by atoms with Gasteiger partial charge >= 0.3 is 0 Å². The molecule has 3 nitrogen and oxygen atoms in total. The maximum Gasteiger partial charge on any atom is 0.121 e. The lowest BCUT2D eigenvalue weighted by atomic mass is 10.0. The molecule has 0 aliphatic carbocycles. The maximum atomic E-state index is 9.84. The van der Waals surface area contributed by atoms with Gasteiger partial charge in [0.05, 0.1) is 0 Å². The van der Waals surface area contributed by atoms with Crippen molar-refractivity contribution >= 4 is 0 Å². The summed E-state index contributed by atoms with van der Waals surface area (Å²) in [5, 5.41) is 9.84. The van der Waals surface area contributed by atoms with E-state index in [4.69, 9.17) is 0 Å². The highest BCUT2D eigenvalue weighted by Gasteiger charge is 2.25. The second-order valence-corrected chi connectivity index (χ2v) is 7.01. The topological polar surface area (TPSA) is 26.7 Å². The molecule has 0 radical (unpaired) electrons. The minimum atomic E-state index is 0.276. The van der Waals surface area contributed by atoms with Crippen LogP contribution in [0.2, 0.25) is 0 Å². The molecule has 1 aliphatic rings. The Labute approximate surface area is 123 Å². The van der Waals surface area contributed by atoms with Crippen LogP contribution in [0.15, 0.2) is 12.1 Å². The molecule has 0 saturated carbocycles. The first-order valence-corrected chi connectivity index (χ1v) is 7.54. The van der Waals surface area contributed by atoms with Crippen LogP contribution < -0.4 is 0 Å². The van der Waals surface area contributed by atoms with E-state index in [2.05, 4.69) is 42.7 Å². The number of rotatable bonds is 2. The average molecular weight is 276 g/mol. The largest absolute Gasteiger partial charge is 0.507 e. The number of piperazine rings is 1. The van der Waals surface area contributed by atoms with Crippen LogP contribution in [0.4, 0.5) is 0 Å². The normalized spacial score (nSPS) is 18.4. The first-order valence-electron chi connectivity index (χ1n) is 7.54. The summed E-state index contributed by atoms with van der Waals surface area (Å²) in [6.45, 7) is 16.3. The zero-order valence-corrected chi connectivity index (χ0v) is 13.5. The van der Waals surface area contributed by atoms with Crippen molar-refractivity contribution in [2.45, 2.75) is 46.7 Å².